The van der Waals surface area contributed by atoms with Gasteiger partial charge in [-0.3, -0.25) is 0 Å². The molecule has 1 N–H and O–H groups in total. The molecule has 0 fully saturated rings. The molecule has 0 bridgehead atoms. The summed E-state index contributed by atoms with van der Waals surface area (Å²) in [4.78, 5) is 0. The zero-order valence-electron chi connectivity index (χ0n) is 11.6. The second-order valence-corrected chi connectivity index (χ2v) is 6.26. The Hall–Kier alpha value is -0.720. The fraction of sp³-hybridized carbons (Fsp3) is 0.733. The first-order valence-electron chi connectivity index (χ1n) is 6.42. The van der Waals surface area contributed by atoms with Crippen LogP contribution in [0.1, 0.15) is 53.9 Å². The van der Waals surface area contributed by atoms with Crippen LogP contribution in [0.2, 0.25) is 0 Å². The number of allylic oxidation sites excluding steroid dienone is 1. The molecule has 0 aromatic heterocycles. The van der Waals surface area contributed by atoms with Crippen LogP contribution < -0.4 is 5.32 Å². The normalized spacial score (nSPS) is 29.5. The summed E-state index contributed by atoms with van der Waals surface area (Å²) < 4.78 is 0. The molecule has 0 aromatic carbocycles. The van der Waals surface area contributed by atoms with Crippen molar-refractivity contribution >= 4 is 0 Å². The van der Waals surface area contributed by atoms with Gasteiger partial charge in [0.05, 0.1) is 5.54 Å². The van der Waals surface area contributed by atoms with Crippen molar-refractivity contribution in [3.8, 4) is 0 Å². The highest BCUT2D eigenvalue weighted by atomic mass is 14.9. The third-order valence-electron chi connectivity index (χ3n) is 3.81. The Morgan fingerprint density at radius 1 is 1.31 bits per heavy atom. The Bertz CT molecular complexity index is 286. The highest BCUT2D eigenvalue weighted by molar-refractivity contribution is 5.23. The lowest BCUT2D eigenvalue weighted by Gasteiger charge is -2.31. The molecule has 1 nitrogen and oxygen atoms in total. The van der Waals surface area contributed by atoms with Gasteiger partial charge in [-0.05, 0) is 43.7 Å². The van der Waals surface area contributed by atoms with E-state index in [4.69, 9.17) is 0 Å². The van der Waals surface area contributed by atoms with E-state index in [2.05, 4.69) is 52.6 Å². The fourth-order valence-electron chi connectivity index (χ4n) is 2.95. The highest BCUT2D eigenvalue weighted by Gasteiger charge is 2.33. The van der Waals surface area contributed by atoms with Gasteiger partial charge in [0, 0.05) is 0 Å². The number of nitrogens with one attached hydrogen (secondary N) is 1. The molecule has 1 atom stereocenters. The molecule has 92 valence electrons. The van der Waals surface area contributed by atoms with E-state index in [0.29, 0.717) is 11.3 Å². The van der Waals surface area contributed by atoms with Gasteiger partial charge in [-0.2, -0.15) is 0 Å². The molecule has 0 saturated heterocycles. The van der Waals surface area contributed by atoms with Gasteiger partial charge in [-0.1, -0.05) is 45.9 Å². The van der Waals surface area contributed by atoms with Crippen molar-refractivity contribution in [2.45, 2.75) is 59.4 Å². The molecule has 1 unspecified atom stereocenters. The average molecular weight is 221 g/mol. The first kappa shape index (κ1) is 13.3. The van der Waals surface area contributed by atoms with Crippen molar-refractivity contribution in [2.24, 2.45) is 11.3 Å². The molecule has 1 aliphatic rings. The van der Waals surface area contributed by atoms with E-state index in [1.807, 2.05) is 6.20 Å². The van der Waals surface area contributed by atoms with Crippen LogP contribution in [0.5, 0.6) is 0 Å². The van der Waals surface area contributed by atoms with Crippen molar-refractivity contribution in [1.82, 2.24) is 5.32 Å². The summed E-state index contributed by atoms with van der Waals surface area (Å²) in [6, 6.07) is 0. The molecule has 0 aliphatic heterocycles. The van der Waals surface area contributed by atoms with Crippen molar-refractivity contribution in [2.75, 3.05) is 0 Å². The van der Waals surface area contributed by atoms with Gasteiger partial charge in [0.1, 0.15) is 0 Å². The molecule has 0 aromatic rings. The summed E-state index contributed by atoms with van der Waals surface area (Å²) in [5.41, 5.74) is 2.02. The lowest BCUT2D eigenvalue weighted by Crippen LogP contribution is -2.36. The van der Waals surface area contributed by atoms with Crippen molar-refractivity contribution in [3.63, 3.8) is 0 Å². The van der Waals surface area contributed by atoms with Crippen LogP contribution in [0.3, 0.4) is 0 Å². The van der Waals surface area contributed by atoms with E-state index in [1.54, 1.807) is 5.57 Å². The van der Waals surface area contributed by atoms with Crippen LogP contribution in [0.25, 0.3) is 0 Å². The van der Waals surface area contributed by atoms with Gasteiger partial charge in [0.2, 0.25) is 0 Å². The van der Waals surface area contributed by atoms with Crippen molar-refractivity contribution in [1.29, 1.82) is 0 Å². The third-order valence-corrected chi connectivity index (χ3v) is 3.81. The Morgan fingerprint density at radius 2 is 1.94 bits per heavy atom. The zero-order chi connectivity index (χ0) is 12.4. The van der Waals surface area contributed by atoms with Crippen LogP contribution in [0.15, 0.2) is 24.4 Å². The molecule has 1 rings (SSSR count). The number of rotatable bonds is 3. The summed E-state index contributed by atoms with van der Waals surface area (Å²) in [6.07, 6.45) is 8.03. The second kappa shape index (κ2) is 4.65. The Morgan fingerprint density at radius 3 is 2.44 bits per heavy atom. The van der Waals surface area contributed by atoms with E-state index in [1.165, 1.54) is 19.3 Å². The van der Waals surface area contributed by atoms with E-state index < -0.39 is 0 Å². The topological polar surface area (TPSA) is 12.0 Å². The number of hydrogen-bond acceptors (Lipinski definition) is 1. The maximum atomic E-state index is 3.80. The summed E-state index contributed by atoms with van der Waals surface area (Å²) in [6.45, 7) is 15.4. The minimum atomic E-state index is 0.0924. The molecule has 0 heterocycles. The van der Waals surface area contributed by atoms with Crippen LogP contribution in [-0.2, 0) is 0 Å². The molecular weight excluding hydrogens is 194 g/mol. The summed E-state index contributed by atoms with van der Waals surface area (Å²) in [5.74, 6) is 0.624. The van der Waals surface area contributed by atoms with Crippen molar-refractivity contribution < 1.29 is 0 Å². The standard InChI is InChI=1S/C15H27N/c1-7-16-15(6)10-8-9-14(4,5)13(11-15)12(2)3/h7,11-12,16H,1,8-10H2,2-6H3. The van der Waals surface area contributed by atoms with E-state index in [0.717, 1.165) is 0 Å². The molecule has 1 aliphatic carbocycles. The summed E-state index contributed by atoms with van der Waals surface area (Å²) in [7, 11) is 0. The maximum Gasteiger partial charge on any atom is 0.0525 e. The van der Waals surface area contributed by atoms with Gasteiger partial charge in [0.25, 0.3) is 0 Å². The monoisotopic (exact) mass is 221 g/mol. The molecular formula is C15H27N. The van der Waals surface area contributed by atoms with Crippen LogP contribution in [0, 0.1) is 11.3 Å². The first-order chi connectivity index (χ1) is 7.31. The molecule has 0 saturated carbocycles. The van der Waals surface area contributed by atoms with Crippen LogP contribution in [-0.4, -0.2) is 5.54 Å². The van der Waals surface area contributed by atoms with Gasteiger partial charge in [-0.15, -0.1) is 0 Å². The smallest absolute Gasteiger partial charge is 0.0525 e. The maximum absolute atomic E-state index is 3.80. The predicted molar refractivity (Wildman–Crippen MR) is 72.3 cm³/mol. The molecule has 16 heavy (non-hydrogen) atoms. The minimum absolute atomic E-state index is 0.0924. The summed E-state index contributed by atoms with van der Waals surface area (Å²) >= 11 is 0. The van der Waals surface area contributed by atoms with Crippen LogP contribution >= 0.6 is 0 Å². The zero-order valence-corrected chi connectivity index (χ0v) is 11.6. The molecule has 0 spiro atoms. The SMILES string of the molecule is C=CNC1(C)C=C(C(C)C)C(C)(C)CCC1. The highest BCUT2D eigenvalue weighted by Crippen LogP contribution is 2.41. The Labute approximate surface area is 101 Å². The largest absolute Gasteiger partial charge is 0.383 e. The third kappa shape index (κ3) is 2.90. The van der Waals surface area contributed by atoms with Gasteiger partial charge in [0.15, 0.2) is 0 Å². The fourth-order valence-corrected chi connectivity index (χ4v) is 2.95. The van der Waals surface area contributed by atoms with Gasteiger partial charge < -0.3 is 5.32 Å². The average Bonchev–Trinajstić information content (AvgIpc) is 2.24. The lowest BCUT2D eigenvalue weighted by atomic mass is 9.75. The Kier molecular flexibility index (Phi) is 3.88. The van der Waals surface area contributed by atoms with E-state index >= 15 is 0 Å². The minimum Gasteiger partial charge on any atom is -0.383 e. The Balaban J connectivity index is 3.09. The quantitative estimate of drug-likeness (QED) is 0.702. The van der Waals surface area contributed by atoms with Crippen LogP contribution in [0.4, 0.5) is 0 Å². The van der Waals surface area contributed by atoms with Gasteiger partial charge >= 0.3 is 0 Å². The molecule has 0 radical (unpaired) electrons. The van der Waals surface area contributed by atoms with Gasteiger partial charge in [-0.25, -0.2) is 0 Å². The van der Waals surface area contributed by atoms with Crippen molar-refractivity contribution in [3.05, 3.63) is 24.4 Å². The molecule has 1 heteroatoms. The lowest BCUT2D eigenvalue weighted by molar-refractivity contribution is 0.361. The second-order valence-electron chi connectivity index (χ2n) is 6.26. The number of hydrogen-bond donors (Lipinski definition) is 1. The molecule has 0 amide bonds. The summed E-state index contributed by atoms with van der Waals surface area (Å²) in [5, 5.41) is 3.41. The van der Waals surface area contributed by atoms with E-state index in [9.17, 15) is 0 Å². The first-order valence-corrected chi connectivity index (χ1v) is 6.42. The van der Waals surface area contributed by atoms with E-state index in [-0.39, 0.29) is 5.54 Å². The predicted octanol–water partition coefficient (Wildman–Crippen LogP) is 4.27.